The van der Waals surface area contributed by atoms with Crippen LogP contribution in [0.25, 0.3) is 0 Å². The van der Waals surface area contributed by atoms with E-state index in [1.807, 2.05) is 13.8 Å². The lowest BCUT2D eigenvalue weighted by atomic mass is 10.0. The van der Waals surface area contributed by atoms with E-state index in [1.165, 1.54) is 12.1 Å². The summed E-state index contributed by atoms with van der Waals surface area (Å²) >= 11 is 5.97. The van der Waals surface area contributed by atoms with Gasteiger partial charge in [-0.1, -0.05) is 36.7 Å². The predicted molar refractivity (Wildman–Crippen MR) is 75.0 cm³/mol. The molecule has 1 heterocycles. The van der Waals surface area contributed by atoms with Gasteiger partial charge in [0.25, 0.3) is 0 Å². The van der Waals surface area contributed by atoms with Gasteiger partial charge in [0.1, 0.15) is 5.82 Å². The Balaban J connectivity index is 2.06. The lowest BCUT2D eigenvalue weighted by Crippen LogP contribution is -2.28. The van der Waals surface area contributed by atoms with Crippen LogP contribution in [0.1, 0.15) is 31.1 Å². The average Bonchev–Trinajstić information content (AvgIpc) is 2.80. The summed E-state index contributed by atoms with van der Waals surface area (Å²) in [7, 11) is 0. The molecule has 0 spiro atoms. The second-order valence-electron chi connectivity index (χ2n) is 5.13. The zero-order valence-corrected chi connectivity index (χ0v) is 12.2. The van der Waals surface area contributed by atoms with E-state index in [0.717, 1.165) is 5.56 Å². The number of aromatic nitrogens is 2. The van der Waals surface area contributed by atoms with Crippen LogP contribution in [0.15, 0.2) is 22.7 Å². The number of benzene rings is 1. The Morgan fingerprint density at radius 2 is 2.15 bits per heavy atom. The first-order valence-electron chi connectivity index (χ1n) is 6.46. The van der Waals surface area contributed by atoms with E-state index >= 15 is 0 Å². The van der Waals surface area contributed by atoms with Crippen LogP contribution < -0.4 is 5.73 Å². The Kier molecular flexibility index (Phi) is 4.73. The largest absolute Gasteiger partial charge is 0.339 e. The number of hydrogen-bond donors (Lipinski definition) is 1. The lowest BCUT2D eigenvalue weighted by Gasteiger charge is -2.11. The van der Waals surface area contributed by atoms with Gasteiger partial charge in [-0.25, -0.2) is 4.39 Å². The quantitative estimate of drug-likeness (QED) is 0.921. The molecule has 6 heteroatoms. The van der Waals surface area contributed by atoms with Gasteiger partial charge in [-0.15, -0.1) is 0 Å². The summed E-state index contributed by atoms with van der Waals surface area (Å²) in [5.41, 5.74) is 6.72. The van der Waals surface area contributed by atoms with Crippen molar-refractivity contribution in [1.82, 2.24) is 10.1 Å². The molecular weight excluding hydrogens is 281 g/mol. The Morgan fingerprint density at radius 1 is 1.40 bits per heavy atom. The van der Waals surface area contributed by atoms with Crippen molar-refractivity contribution in [2.45, 2.75) is 32.7 Å². The normalized spacial score (nSPS) is 12.9. The molecule has 0 fully saturated rings. The Hall–Kier alpha value is -1.46. The third kappa shape index (κ3) is 3.77. The molecule has 0 bridgehead atoms. The van der Waals surface area contributed by atoms with Crippen molar-refractivity contribution in [3.05, 3.63) is 46.3 Å². The number of nitrogens with two attached hydrogens (primary N) is 1. The van der Waals surface area contributed by atoms with Crippen molar-refractivity contribution in [1.29, 1.82) is 0 Å². The van der Waals surface area contributed by atoms with Gasteiger partial charge in [0.05, 0.1) is 0 Å². The maximum Gasteiger partial charge on any atom is 0.228 e. The van der Waals surface area contributed by atoms with Gasteiger partial charge in [0, 0.05) is 23.9 Å². The third-order valence-electron chi connectivity index (χ3n) is 3.14. The van der Waals surface area contributed by atoms with Crippen LogP contribution in [0.4, 0.5) is 4.39 Å². The predicted octanol–water partition coefficient (Wildman–Crippen LogP) is 2.98. The van der Waals surface area contributed by atoms with Crippen LogP contribution in [0.2, 0.25) is 5.02 Å². The van der Waals surface area contributed by atoms with Crippen molar-refractivity contribution >= 4 is 11.6 Å². The van der Waals surface area contributed by atoms with E-state index in [2.05, 4.69) is 10.1 Å². The van der Waals surface area contributed by atoms with E-state index in [0.29, 0.717) is 35.5 Å². The summed E-state index contributed by atoms with van der Waals surface area (Å²) in [4.78, 5) is 4.28. The fraction of sp³-hybridized carbons (Fsp3) is 0.429. The van der Waals surface area contributed by atoms with E-state index in [4.69, 9.17) is 21.9 Å². The van der Waals surface area contributed by atoms with Gasteiger partial charge in [-0.3, -0.25) is 0 Å². The van der Waals surface area contributed by atoms with Crippen molar-refractivity contribution < 1.29 is 8.91 Å². The van der Waals surface area contributed by atoms with Crippen LogP contribution in [-0.4, -0.2) is 16.2 Å². The standard InChI is InChI=1S/C14H17ClFN3O/c1-8(2)12(17)7-14-18-13(19-20-14)5-9-3-4-10(16)6-11(9)15/h3-4,6,8,12H,5,7,17H2,1-2H3. The smallest absolute Gasteiger partial charge is 0.228 e. The van der Waals surface area contributed by atoms with Gasteiger partial charge in [-0.05, 0) is 23.6 Å². The molecule has 1 atom stereocenters. The van der Waals surface area contributed by atoms with Crippen LogP contribution in [0, 0.1) is 11.7 Å². The maximum absolute atomic E-state index is 13.0. The number of nitrogens with zero attached hydrogens (tertiary/aromatic N) is 2. The summed E-state index contributed by atoms with van der Waals surface area (Å²) in [5, 5.41) is 4.25. The fourth-order valence-electron chi connectivity index (χ4n) is 1.72. The van der Waals surface area contributed by atoms with Crippen molar-refractivity contribution in [3.8, 4) is 0 Å². The third-order valence-corrected chi connectivity index (χ3v) is 3.49. The molecule has 2 rings (SSSR count). The first-order chi connectivity index (χ1) is 9.45. The molecule has 0 aliphatic heterocycles. The zero-order chi connectivity index (χ0) is 14.7. The minimum Gasteiger partial charge on any atom is -0.339 e. The molecular formula is C14H17ClFN3O. The molecule has 0 aliphatic rings. The zero-order valence-electron chi connectivity index (χ0n) is 11.4. The van der Waals surface area contributed by atoms with Crippen LogP contribution in [0.3, 0.4) is 0 Å². The Morgan fingerprint density at radius 3 is 2.80 bits per heavy atom. The van der Waals surface area contributed by atoms with E-state index in [9.17, 15) is 4.39 Å². The summed E-state index contributed by atoms with van der Waals surface area (Å²) in [5.74, 6) is 1.01. The van der Waals surface area contributed by atoms with Crippen LogP contribution >= 0.6 is 11.6 Å². The number of rotatable bonds is 5. The molecule has 1 aromatic heterocycles. The average molecular weight is 298 g/mol. The second-order valence-corrected chi connectivity index (χ2v) is 5.54. The summed E-state index contributed by atoms with van der Waals surface area (Å²) in [6, 6.07) is 4.23. The molecule has 20 heavy (non-hydrogen) atoms. The molecule has 0 amide bonds. The minimum atomic E-state index is -0.365. The van der Waals surface area contributed by atoms with Gasteiger partial charge < -0.3 is 10.3 Å². The first-order valence-corrected chi connectivity index (χ1v) is 6.84. The topological polar surface area (TPSA) is 64.9 Å². The van der Waals surface area contributed by atoms with Gasteiger partial charge in [0.2, 0.25) is 5.89 Å². The molecule has 0 radical (unpaired) electrons. The minimum absolute atomic E-state index is 0.0160. The summed E-state index contributed by atoms with van der Waals surface area (Å²) in [6.07, 6.45) is 0.946. The first kappa shape index (κ1) is 14.9. The molecule has 2 N–H and O–H groups in total. The monoisotopic (exact) mass is 297 g/mol. The summed E-state index contributed by atoms with van der Waals surface area (Å²) < 4.78 is 18.1. The number of hydrogen-bond acceptors (Lipinski definition) is 4. The van der Waals surface area contributed by atoms with E-state index in [1.54, 1.807) is 6.07 Å². The maximum atomic E-state index is 13.0. The Labute approximate surface area is 122 Å². The van der Waals surface area contributed by atoms with Gasteiger partial charge in [0.15, 0.2) is 5.82 Å². The summed E-state index contributed by atoms with van der Waals surface area (Å²) in [6.45, 7) is 4.08. The fourth-order valence-corrected chi connectivity index (χ4v) is 1.95. The SMILES string of the molecule is CC(C)C(N)Cc1nc(Cc2ccc(F)cc2Cl)no1. The molecule has 0 saturated heterocycles. The highest BCUT2D eigenvalue weighted by molar-refractivity contribution is 6.31. The molecule has 0 saturated carbocycles. The van der Waals surface area contributed by atoms with Gasteiger partial charge >= 0.3 is 0 Å². The molecule has 2 aromatic rings. The molecule has 0 aliphatic carbocycles. The van der Waals surface area contributed by atoms with Gasteiger partial charge in [-0.2, -0.15) is 4.98 Å². The Bertz CT molecular complexity index is 586. The van der Waals surface area contributed by atoms with E-state index < -0.39 is 0 Å². The van der Waals surface area contributed by atoms with Crippen molar-refractivity contribution in [2.24, 2.45) is 11.7 Å². The van der Waals surface area contributed by atoms with E-state index in [-0.39, 0.29) is 11.9 Å². The van der Waals surface area contributed by atoms with Crippen molar-refractivity contribution in [2.75, 3.05) is 0 Å². The van der Waals surface area contributed by atoms with Crippen molar-refractivity contribution in [3.63, 3.8) is 0 Å². The van der Waals surface area contributed by atoms with Crippen LogP contribution in [0.5, 0.6) is 0 Å². The number of halogens is 2. The highest BCUT2D eigenvalue weighted by atomic mass is 35.5. The van der Waals surface area contributed by atoms with Crippen LogP contribution in [-0.2, 0) is 12.8 Å². The molecule has 1 aromatic carbocycles. The highest BCUT2D eigenvalue weighted by Crippen LogP contribution is 2.19. The lowest BCUT2D eigenvalue weighted by molar-refractivity contribution is 0.350. The second kappa shape index (κ2) is 6.33. The molecule has 108 valence electrons. The molecule has 1 unspecified atom stereocenters. The highest BCUT2D eigenvalue weighted by Gasteiger charge is 2.15. The molecule has 4 nitrogen and oxygen atoms in total.